The van der Waals surface area contributed by atoms with Gasteiger partial charge in [0, 0.05) is 32.5 Å². The van der Waals surface area contributed by atoms with E-state index >= 15 is 0 Å². The van der Waals surface area contributed by atoms with E-state index in [2.05, 4.69) is 33.2 Å². The van der Waals surface area contributed by atoms with Crippen LogP contribution in [-0.2, 0) is 6.54 Å². The molecule has 4 heteroatoms. The lowest BCUT2D eigenvalue weighted by Gasteiger charge is -2.18. The third-order valence-corrected chi connectivity index (χ3v) is 2.82. The zero-order chi connectivity index (χ0) is 13.5. The molecule has 0 radical (unpaired) electrons. The molecule has 2 rings (SSSR count). The fourth-order valence-electron chi connectivity index (χ4n) is 1.83. The molecule has 100 valence electrons. The summed E-state index contributed by atoms with van der Waals surface area (Å²) in [6, 6.07) is 10.1. The van der Waals surface area contributed by atoms with E-state index in [-0.39, 0.29) is 0 Å². The molecule has 0 unspecified atom stereocenters. The standard InChI is InChI=1S/C15H20N4/c1-3-9-17-14-7-4-8-15(18-14)19(2)12-13-6-5-10-16-11-13/h4-8,10-11H,3,9,12H2,1-2H3,(H,17,18). The fourth-order valence-corrected chi connectivity index (χ4v) is 1.83. The number of anilines is 2. The maximum absolute atomic E-state index is 4.60. The molecule has 2 heterocycles. The number of hydrogen-bond acceptors (Lipinski definition) is 4. The molecule has 0 aliphatic heterocycles. The van der Waals surface area contributed by atoms with Gasteiger partial charge in [0.2, 0.25) is 0 Å². The van der Waals surface area contributed by atoms with E-state index in [0.717, 1.165) is 31.1 Å². The first kappa shape index (κ1) is 13.3. The smallest absolute Gasteiger partial charge is 0.130 e. The summed E-state index contributed by atoms with van der Waals surface area (Å²) in [4.78, 5) is 10.8. The maximum atomic E-state index is 4.60. The van der Waals surface area contributed by atoms with Gasteiger partial charge in [-0.15, -0.1) is 0 Å². The third kappa shape index (κ3) is 3.95. The monoisotopic (exact) mass is 256 g/mol. The van der Waals surface area contributed by atoms with E-state index in [1.54, 1.807) is 6.20 Å². The van der Waals surface area contributed by atoms with Crippen molar-refractivity contribution in [3.05, 3.63) is 48.3 Å². The summed E-state index contributed by atoms with van der Waals surface area (Å²) in [6.07, 6.45) is 4.77. The molecule has 1 N–H and O–H groups in total. The van der Waals surface area contributed by atoms with Crippen molar-refractivity contribution in [2.75, 3.05) is 23.8 Å². The van der Waals surface area contributed by atoms with E-state index in [1.165, 1.54) is 5.56 Å². The molecule has 19 heavy (non-hydrogen) atoms. The van der Waals surface area contributed by atoms with Gasteiger partial charge in [-0.25, -0.2) is 4.98 Å². The molecule has 0 aliphatic rings. The van der Waals surface area contributed by atoms with Crippen molar-refractivity contribution in [3.8, 4) is 0 Å². The van der Waals surface area contributed by atoms with Gasteiger partial charge in [0.25, 0.3) is 0 Å². The predicted molar refractivity (Wildman–Crippen MR) is 79.4 cm³/mol. The Balaban J connectivity index is 2.04. The number of pyridine rings is 2. The van der Waals surface area contributed by atoms with Crippen molar-refractivity contribution < 1.29 is 0 Å². The Hall–Kier alpha value is -2.10. The van der Waals surface area contributed by atoms with Crippen molar-refractivity contribution in [2.24, 2.45) is 0 Å². The second kappa shape index (κ2) is 6.73. The van der Waals surface area contributed by atoms with Gasteiger partial charge in [-0.2, -0.15) is 0 Å². The van der Waals surface area contributed by atoms with Gasteiger partial charge in [-0.3, -0.25) is 4.98 Å². The highest BCUT2D eigenvalue weighted by atomic mass is 15.2. The molecule has 2 aromatic heterocycles. The molecule has 0 amide bonds. The molecule has 0 bridgehead atoms. The summed E-state index contributed by atoms with van der Waals surface area (Å²) in [5.74, 6) is 1.89. The minimum atomic E-state index is 0.804. The van der Waals surface area contributed by atoms with Crippen LogP contribution in [-0.4, -0.2) is 23.6 Å². The minimum Gasteiger partial charge on any atom is -0.370 e. The minimum absolute atomic E-state index is 0.804. The van der Waals surface area contributed by atoms with E-state index in [9.17, 15) is 0 Å². The van der Waals surface area contributed by atoms with Gasteiger partial charge in [0.05, 0.1) is 0 Å². The Labute approximate surface area is 114 Å². The van der Waals surface area contributed by atoms with Crippen LogP contribution in [0.3, 0.4) is 0 Å². The molecule has 0 fully saturated rings. The largest absolute Gasteiger partial charge is 0.370 e. The lowest BCUT2D eigenvalue weighted by Crippen LogP contribution is -2.18. The van der Waals surface area contributed by atoms with Crippen molar-refractivity contribution in [2.45, 2.75) is 19.9 Å². The second-order valence-corrected chi connectivity index (χ2v) is 4.53. The summed E-state index contributed by atoms with van der Waals surface area (Å²) >= 11 is 0. The molecule has 2 aromatic rings. The molecule has 0 saturated heterocycles. The Morgan fingerprint density at radius 2 is 2.11 bits per heavy atom. The number of nitrogens with one attached hydrogen (secondary N) is 1. The maximum Gasteiger partial charge on any atom is 0.130 e. The van der Waals surface area contributed by atoms with E-state index < -0.39 is 0 Å². The molecular weight excluding hydrogens is 236 g/mol. The summed E-state index contributed by atoms with van der Waals surface area (Å²) in [5.41, 5.74) is 1.18. The van der Waals surface area contributed by atoms with E-state index in [1.807, 2.05) is 37.5 Å². The van der Waals surface area contributed by atoms with Gasteiger partial charge < -0.3 is 10.2 Å². The summed E-state index contributed by atoms with van der Waals surface area (Å²) in [6.45, 7) is 3.90. The van der Waals surface area contributed by atoms with Gasteiger partial charge in [-0.1, -0.05) is 19.1 Å². The number of aromatic nitrogens is 2. The van der Waals surface area contributed by atoms with Crippen LogP contribution in [0.5, 0.6) is 0 Å². The summed E-state index contributed by atoms with van der Waals surface area (Å²) < 4.78 is 0. The van der Waals surface area contributed by atoms with Gasteiger partial charge in [0.15, 0.2) is 0 Å². The lowest BCUT2D eigenvalue weighted by atomic mass is 10.2. The quantitative estimate of drug-likeness (QED) is 0.862. The van der Waals surface area contributed by atoms with Crippen molar-refractivity contribution in [3.63, 3.8) is 0 Å². The first-order valence-corrected chi connectivity index (χ1v) is 6.60. The normalized spacial score (nSPS) is 10.2. The summed E-state index contributed by atoms with van der Waals surface area (Å²) in [5, 5.41) is 3.30. The van der Waals surface area contributed by atoms with E-state index in [0.29, 0.717) is 0 Å². The van der Waals surface area contributed by atoms with Crippen LogP contribution in [0.1, 0.15) is 18.9 Å². The highest BCUT2D eigenvalue weighted by Gasteiger charge is 2.04. The highest BCUT2D eigenvalue weighted by Crippen LogP contribution is 2.15. The van der Waals surface area contributed by atoms with Crippen LogP contribution in [0.15, 0.2) is 42.7 Å². The molecule has 0 aromatic carbocycles. The molecule has 0 saturated carbocycles. The lowest BCUT2D eigenvalue weighted by molar-refractivity contribution is 0.888. The first-order chi connectivity index (χ1) is 9.29. The molecule has 4 nitrogen and oxygen atoms in total. The van der Waals surface area contributed by atoms with Gasteiger partial charge >= 0.3 is 0 Å². The molecule has 0 aliphatic carbocycles. The average Bonchev–Trinajstić information content (AvgIpc) is 2.46. The summed E-state index contributed by atoms with van der Waals surface area (Å²) in [7, 11) is 2.04. The Morgan fingerprint density at radius 3 is 2.84 bits per heavy atom. The van der Waals surface area contributed by atoms with Gasteiger partial charge in [0.1, 0.15) is 11.6 Å². The molecule has 0 atom stereocenters. The van der Waals surface area contributed by atoms with Crippen molar-refractivity contribution in [1.29, 1.82) is 0 Å². The first-order valence-electron chi connectivity index (χ1n) is 6.60. The van der Waals surface area contributed by atoms with Crippen LogP contribution >= 0.6 is 0 Å². The highest BCUT2D eigenvalue weighted by molar-refractivity contribution is 5.46. The Morgan fingerprint density at radius 1 is 1.21 bits per heavy atom. The SMILES string of the molecule is CCCNc1cccc(N(C)Cc2cccnc2)n1. The second-order valence-electron chi connectivity index (χ2n) is 4.53. The van der Waals surface area contributed by atoms with E-state index in [4.69, 9.17) is 0 Å². The molecular formula is C15H20N4. The third-order valence-electron chi connectivity index (χ3n) is 2.82. The van der Waals surface area contributed by atoms with Crippen LogP contribution in [0.4, 0.5) is 11.6 Å². The van der Waals surface area contributed by atoms with Crippen molar-refractivity contribution in [1.82, 2.24) is 9.97 Å². The number of rotatable bonds is 6. The topological polar surface area (TPSA) is 41.0 Å². The number of hydrogen-bond donors (Lipinski definition) is 1. The van der Waals surface area contributed by atoms with Crippen molar-refractivity contribution >= 4 is 11.6 Å². The zero-order valence-corrected chi connectivity index (χ0v) is 11.5. The van der Waals surface area contributed by atoms with Crippen LogP contribution in [0, 0.1) is 0 Å². The van der Waals surface area contributed by atoms with Crippen LogP contribution in [0.25, 0.3) is 0 Å². The van der Waals surface area contributed by atoms with Crippen LogP contribution in [0.2, 0.25) is 0 Å². The Kier molecular flexibility index (Phi) is 4.72. The Bertz CT molecular complexity index is 499. The molecule has 0 spiro atoms. The average molecular weight is 256 g/mol. The predicted octanol–water partition coefficient (Wildman–Crippen LogP) is 2.93. The fraction of sp³-hybridized carbons (Fsp3) is 0.333. The number of nitrogens with zero attached hydrogens (tertiary/aromatic N) is 3. The van der Waals surface area contributed by atoms with Crippen LogP contribution < -0.4 is 10.2 Å². The zero-order valence-electron chi connectivity index (χ0n) is 11.5. The van der Waals surface area contributed by atoms with Gasteiger partial charge in [-0.05, 0) is 30.2 Å².